The second-order valence-corrected chi connectivity index (χ2v) is 6.96. The third-order valence-electron chi connectivity index (χ3n) is 3.04. The van der Waals surface area contributed by atoms with Gasteiger partial charge in [0.2, 0.25) is 11.0 Å². The van der Waals surface area contributed by atoms with Crippen LogP contribution < -0.4 is 5.32 Å². The highest BCUT2D eigenvalue weighted by Crippen LogP contribution is 2.25. The summed E-state index contributed by atoms with van der Waals surface area (Å²) in [6.07, 6.45) is 6.76. The van der Waals surface area contributed by atoms with Crippen molar-refractivity contribution in [2.75, 3.05) is 11.1 Å². The maximum atomic E-state index is 12.0. The van der Waals surface area contributed by atoms with Gasteiger partial charge in [-0.2, -0.15) is 0 Å². The number of hydrogen-bond acceptors (Lipinski definition) is 6. The van der Waals surface area contributed by atoms with E-state index in [1.807, 2.05) is 30.3 Å². The fraction of sp³-hybridized carbons (Fsp3) is 0.0588. The molecule has 0 spiro atoms. The molecule has 0 bridgehead atoms. The van der Waals surface area contributed by atoms with Crippen LogP contribution in [0.4, 0.5) is 5.13 Å². The van der Waals surface area contributed by atoms with Crippen molar-refractivity contribution >= 4 is 51.1 Å². The van der Waals surface area contributed by atoms with Gasteiger partial charge < -0.3 is 0 Å². The number of hydrogen-bond donors (Lipinski definition) is 1. The molecule has 2 aromatic heterocycles. The van der Waals surface area contributed by atoms with Gasteiger partial charge in [0.25, 0.3) is 0 Å². The number of pyridine rings is 1. The molecule has 3 aromatic rings. The SMILES string of the molecule is C=CCSc1nnc(NC(=O)/C=C/c2cccc3cccnc23)s1. The van der Waals surface area contributed by atoms with Crippen LogP contribution >= 0.6 is 23.1 Å². The van der Waals surface area contributed by atoms with Crippen LogP contribution in [0, 0.1) is 0 Å². The molecule has 0 fully saturated rings. The Morgan fingerprint density at radius 3 is 3.04 bits per heavy atom. The molecular weight excluding hydrogens is 340 g/mol. The molecule has 3 rings (SSSR count). The Kier molecular flexibility index (Phi) is 5.35. The van der Waals surface area contributed by atoms with E-state index in [1.165, 1.54) is 29.2 Å². The molecule has 2 heterocycles. The maximum Gasteiger partial charge on any atom is 0.250 e. The first-order chi connectivity index (χ1) is 11.8. The average Bonchev–Trinajstić information content (AvgIpc) is 3.05. The van der Waals surface area contributed by atoms with Crippen LogP contribution in [-0.4, -0.2) is 26.8 Å². The number of fused-ring (bicyclic) bond motifs is 1. The summed E-state index contributed by atoms with van der Waals surface area (Å²) < 4.78 is 0.799. The standard InChI is InChI=1S/C17H14N4OS2/c1-2-11-23-17-21-20-16(24-17)19-14(22)9-8-13-6-3-5-12-7-4-10-18-15(12)13/h2-10H,1,11H2,(H,19,20,22)/b9-8+. The van der Waals surface area contributed by atoms with E-state index in [1.54, 1.807) is 18.3 Å². The number of anilines is 1. The molecule has 7 heteroatoms. The number of para-hydroxylation sites is 1. The molecule has 0 unspecified atom stereocenters. The topological polar surface area (TPSA) is 67.8 Å². The number of amides is 1. The lowest BCUT2D eigenvalue weighted by atomic mass is 10.1. The second-order valence-electron chi connectivity index (χ2n) is 4.72. The van der Waals surface area contributed by atoms with E-state index >= 15 is 0 Å². The smallest absolute Gasteiger partial charge is 0.250 e. The molecule has 1 N–H and O–H groups in total. The van der Waals surface area contributed by atoms with E-state index in [9.17, 15) is 4.79 Å². The Bertz CT molecular complexity index is 899. The number of carbonyl (C=O) groups is 1. The molecule has 0 atom stereocenters. The van der Waals surface area contributed by atoms with Crippen molar-refractivity contribution in [3.63, 3.8) is 0 Å². The summed E-state index contributed by atoms with van der Waals surface area (Å²) in [5, 5.41) is 12.2. The molecule has 24 heavy (non-hydrogen) atoms. The van der Waals surface area contributed by atoms with Gasteiger partial charge in [-0.3, -0.25) is 15.1 Å². The van der Waals surface area contributed by atoms with Gasteiger partial charge in [0.15, 0.2) is 4.34 Å². The number of nitrogens with zero attached hydrogens (tertiary/aromatic N) is 3. The largest absolute Gasteiger partial charge is 0.297 e. The predicted molar refractivity (Wildman–Crippen MR) is 100 cm³/mol. The summed E-state index contributed by atoms with van der Waals surface area (Å²) in [7, 11) is 0. The van der Waals surface area contributed by atoms with Gasteiger partial charge in [0.05, 0.1) is 5.52 Å². The van der Waals surface area contributed by atoms with Crippen LogP contribution in [0.1, 0.15) is 5.56 Å². The molecule has 0 aliphatic heterocycles. The van der Waals surface area contributed by atoms with Crippen molar-refractivity contribution in [3.8, 4) is 0 Å². The maximum absolute atomic E-state index is 12.0. The van der Waals surface area contributed by atoms with Crippen LogP contribution in [0.2, 0.25) is 0 Å². The highest BCUT2D eigenvalue weighted by Gasteiger charge is 2.06. The van der Waals surface area contributed by atoms with E-state index < -0.39 is 0 Å². The number of thioether (sulfide) groups is 1. The molecule has 0 aliphatic rings. The molecule has 0 radical (unpaired) electrons. The Morgan fingerprint density at radius 1 is 1.29 bits per heavy atom. The predicted octanol–water partition coefficient (Wildman–Crippen LogP) is 4.02. The van der Waals surface area contributed by atoms with Crippen molar-refractivity contribution in [1.82, 2.24) is 15.2 Å². The first-order valence-electron chi connectivity index (χ1n) is 7.16. The first-order valence-corrected chi connectivity index (χ1v) is 8.96. The summed E-state index contributed by atoms with van der Waals surface area (Å²) in [4.78, 5) is 16.4. The molecular formula is C17H14N4OS2. The Hall–Kier alpha value is -2.51. The van der Waals surface area contributed by atoms with E-state index in [0.717, 1.165) is 26.6 Å². The van der Waals surface area contributed by atoms with Gasteiger partial charge in [-0.05, 0) is 12.1 Å². The third kappa shape index (κ3) is 4.06. The molecule has 1 amide bonds. The number of nitrogens with one attached hydrogen (secondary N) is 1. The van der Waals surface area contributed by atoms with Gasteiger partial charge in [0.1, 0.15) is 0 Å². The Morgan fingerprint density at radius 2 is 2.17 bits per heavy atom. The highest BCUT2D eigenvalue weighted by molar-refractivity contribution is 8.01. The summed E-state index contributed by atoms with van der Waals surface area (Å²) >= 11 is 2.87. The van der Waals surface area contributed by atoms with Gasteiger partial charge in [0, 0.05) is 29.0 Å². The van der Waals surface area contributed by atoms with Crippen LogP contribution in [-0.2, 0) is 4.79 Å². The van der Waals surface area contributed by atoms with E-state index in [-0.39, 0.29) is 5.91 Å². The van der Waals surface area contributed by atoms with Gasteiger partial charge >= 0.3 is 0 Å². The summed E-state index contributed by atoms with van der Waals surface area (Å²) in [5.41, 5.74) is 1.76. The van der Waals surface area contributed by atoms with Crippen LogP contribution in [0.5, 0.6) is 0 Å². The summed E-state index contributed by atoms with van der Waals surface area (Å²) in [6, 6.07) is 9.73. The lowest BCUT2D eigenvalue weighted by Crippen LogP contribution is -2.07. The number of rotatable bonds is 6. The monoisotopic (exact) mass is 354 g/mol. The Balaban J connectivity index is 1.68. The summed E-state index contributed by atoms with van der Waals surface area (Å²) in [6.45, 7) is 3.66. The lowest BCUT2D eigenvalue weighted by molar-refractivity contribution is -0.111. The normalized spacial score (nSPS) is 11.0. The molecule has 0 saturated carbocycles. The van der Waals surface area contributed by atoms with Crippen molar-refractivity contribution in [2.24, 2.45) is 0 Å². The fourth-order valence-electron chi connectivity index (χ4n) is 2.02. The zero-order valence-electron chi connectivity index (χ0n) is 12.7. The van der Waals surface area contributed by atoms with Gasteiger partial charge in [-0.15, -0.1) is 16.8 Å². The van der Waals surface area contributed by atoms with E-state index in [4.69, 9.17) is 0 Å². The van der Waals surface area contributed by atoms with Gasteiger partial charge in [-0.1, -0.05) is 53.4 Å². The third-order valence-corrected chi connectivity index (χ3v) is 5.01. The van der Waals surface area contributed by atoms with Crippen LogP contribution in [0.15, 0.2) is 59.6 Å². The minimum atomic E-state index is -0.251. The fourth-order valence-corrected chi connectivity index (χ4v) is 3.54. The minimum absolute atomic E-state index is 0.251. The van der Waals surface area contributed by atoms with Gasteiger partial charge in [-0.25, -0.2) is 0 Å². The lowest BCUT2D eigenvalue weighted by Gasteiger charge is -2.00. The number of carbonyl (C=O) groups excluding carboxylic acids is 1. The number of aromatic nitrogens is 3. The van der Waals surface area contributed by atoms with Crippen molar-refractivity contribution in [2.45, 2.75) is 4.34 Å². The van der Waals surface area contributed by atoms with Crippen molar-refractivity contribution < 1.29 is 4.79 Å². The Labute approximate surface area is 147 Å². The minimum Gasteiger partial charge on any atom is -0.297 e. The van der Waals surface area contributed by atoms with Crippen molar-refractivity contribution in [1.29, 1.82) is 0 Å². The molecule has 120 valence electrons. The zero-order chi connectivity index (χ0) is 16.8. The van der Waals surface area contributed by atoms with Crippen molar-refractivity contribution in [3.05, 3.63) is 60.8 Å². The zero-order valence-corrected chi connectivity index (χ0v) is 14.3. The molecule has 5 nitrogen and oxygen atoms in total. The summed E-state index contributed by atoms with van der Waals surface area (Å²) in [5.74, 6) is 0.510. The van der Waals surface area contributed by atoms with E-state index in [0.29, 0.717) is 5.13 Å². The molecule has 0 saturated heterocycles. The second kappa shape index (κ2) is 7.85. The van der Waals surface area contributed by atoms with Crippen LogP contribution in [0.3, 0.4) is 0 Å². The van der Waals surface area contributed by atoms with E-state index in [2.05, 4.69) is 27.1 Å². The first kappa shape index (κ1) is 16.4. The average molecular weight is 354 g/mol. The molecule has 1 aromatic carbocycles. The molecule has 0 aliphatic carbocycles. The van der Waals surface area contributed by atoms with Crippen LogP contribution in [0.25, 0.3) is 17.0 Å². The highest BCUT2D eigenvalue weighted by atomic mass is 32.2. The number of benzene rings is 1. The quantitative estimate of drug-likeness (QED) is 0.313.